The summed E-state index contributed by atoms with van der Waals surface area (Å²) in [6.07, 6.45) is 3.70. The van der Waals surface area contributed by atoms with Crippen molar-refractivity contribution in [1.82, 2.24) is 9.97 Å². The van der Waals surface area contributed by atoms with Gasteiger partial charge < -0.3 is 15.7 Å². The average molecular weight is 224 g/mol. The van der Waals surface area contributed by atoms with Crippen molar-refractivity contribution in [2.75, 3.05) is 18.0 Å². The summed E-state index contributed by atoms with van der Waals surface area (Å²) in [6.45, 7) is 1.42. The zero-order valence-corrected chi connectivity index (χ0v) is 8.94. The molecule has 0 bridgehead atoms. The maximum atomic E-state index is 9.37. The van der Waals surface area contributed by atoms with Gasteiger partial charge in [-0.05, 0) is 6.42 Å². The molecule has 3 N–H and O–H groups in total. The van der Waals surface area contributed by atoms with E-state index in [2.05, 4.69) is 9.97 Å². The molecule has 0 aliphatic carbocycles. The first-order valence-corrected chi connectivity index (χ1v) is 5.12. The van der Waals surface area contributed by atoms with Crippen molar-refractivity contribution in [3.8, 4) is 0 Å². The smallest absolute Gasteiger partial charge is 0.147 e. The first-order valence-electron chi connectivity index (χ1n) is 4.71. The Morgan fingerprint density at radius 2 is 2.33 bits per heavy atom. The van der Waals surface area contributed by atoms with Crippen molar-refractivity contribution < 1.29 is 5.11 Å². The highest BCUT2D eigenvalue weighted by Crippen LogP contribution is 2.16. The second-order valence-corrected chi connectivity index (χ2v) is 3.95. The molecular formula is C9H12N4OS. The standard InChI is InChI=1S/C9H12N4OS/c10-9(15)7-3-12-8(4-11-7)13-2-1-6(14)5-13/h3-4,6,14H,1-2,5H2,(H2,10,15). The van der Waals surface area contributed by atoms with E-state index < -0.39 is 0 Å². The van der Waals surface area contributed by atoms with Crippen LogP contribution in [0.3, 0.4) is 0 Å². The summed E-state index contributed by atoms with van der Waals surface area (Å²) in [5.74, 6) is 0.756. The van der Waals surface area contributed by atoms with E-state index in [1.54, 1.807) is 12.4 Å². The fourth-order valence-corrected chi connectivity index (χ4v) is 1.67. The molecule has 6 heteroatoms. The highest BCUT2D eigenvalue weighted by molar-refractivity contribution is 7.80. The lowest BCUT2D eigenvalue weighted by molar-refractivity contribution is 0.198. The maximum Gasteiger partial charge on any atom is 0.147 e. The van der Waals surface area contributed by atoms with E-state index in [4.69, 9.17) is 18.0 Å². The van der Waals surface area contributed by atoms with Crippen LogP contribution in [0, 0.1) is 0 Å². The van der Waals surface area contributed by atoms with Crippen molar-refractivity contribution in [3.05, 3.63) is 18.1 Å². The van der Waals surface area contributed by atoms with Gasteiger partial charge in [-0.3, -0.25) is 0 Å². The third-order valence-corrected chi connectivity index (χ3v) is 2.59. The molecule has 0 spiro atoms. The van der Waals surface area contributed by atoms with Gasteiger partial charge in [0.25, 0.3) is 0 Å². The number of rotatable bonds is 2. The van der Waals surface area contributed by atoms with Crippen molar-refractivity contribution >= 4 is 23.0 Å². The van der Waals surface area contributed by atoms with Crippen LogP contribution in [0.25, 0.3) is 0 Å². The van der Waals surface area contributed by atoms with E-state index in [0.717, 1.165) is 18.8 Å². The Kier molecular flexibility index (Phi) is 2.79. The lowest BCUT2D eigenvalue weighted by atomic mass is 10.3. The predicted octanol–water partition coefficient (Wildman–Crippen LogP) is -0.318. The molecule has 1 aliphatic heterocycles. The van der Waals surface area contributed by atoms with E-state index in [1.165, 1.54) is 0 Å². The Balaban J connectivity index is 2.13. The van der Waals surface area contributed by atoms with E-state index in [9.17, 15) is 5.11 Å². The highest BCUT2D eigenvalue weighted by atomic mass is 32.1. The van der Waals surface area contributed by atoms with Gasteiger partial charge in [0.2, 0.25) is 0 Å². The summed E-state index contributed by atoms with van der Waals surface area (Å²) in [7, 11) is 0. The lowest BCUT2D eigenvalue weighted by Crippen LogP contribution is -2.23. The molecule has 0 saturated carbocycles. The monoisotopic (exact) mass is 224 g/mol. The van der Waals surface area contributed by atoms with Crippen molar-refractivity contribution in [2.24, 2.45) is 5.73 Å². The van der Waals surface area contributed by atoms with Crippen LogP contribution in [0.5, 0.6) is 0 Å². The molecule has 1 atom stereocenters. The van der Waals surface area contributed by atoms with Gasteiger partial charge in [-0.15, -0.1) is 0 Å². The van der Waals surface area contributed by atoms with Crippen LogP contribution in [0.4, 0.5) is 5.82 Å². The van der Waals surface area contributed by atoms with Gasteiger partial charge in [0.05, 0.1) is 18.5 Å². The number of thiocarbonyl (C=S) groups is 1. The minimum atomic E-state index is -0.262. The molecule has 1 aromatic rings. The van der Waals surface area contributed by atoms with Gasteiger partial charge in [-0.1, -0.05) is 12.2 Å². The third kappa shape index (κ3) is 2.21. The molecule has 2 rings (SSSR count). The SMILES string of the molecule is NC(=S)c1cnc(N2CCC(O)C2)cn1. The van der Waals surface area contributed by atoms with Crippen LogP contribution in [-0.4, -0.2) is 39.3 Å². The number of nitrogens with two attached hydrogens (primary N) is 1. The number of β-amino-alcohol motifs (C(OH)–C–C–N with tert-alkyl or cyclic N) is 1. The Morgan fingerprint density at radius 1 is 1.53 bits per heavy atom. The van der Waals surface area contributed by atoms with E-state index in [-0.39, 0.29) is 11.1 Å². The summed E-state index contributed by atoms with van der Waals surface area (Å²) in [5.41, 5.74) is 5.94. The molecule has 2 heterocycles. The fraction of sp³-hybridized carbons (Fsp3) is 0.444. The van der Waals surface area contributed by atoms with Crippen molar-refractivity contribution in [3.63, 3.8) is 0 Å². The highest BCUT2D eigenvalue weighted by Gasteiger charge is 2.21. The second-order valence-electron chi connectivity index (χ2n) is 3.51. The van der Waals surface area contributed by atoms with Gasteiger partial charge in [0, 0.05) is 13.1 Å². The molecule has 0 amide bonds. The first kappa shape index (κ1) is 10.3. The molecule has 0 aromatic carbocycles. The van der Waals surface area contributed by atoms with Crippen molar-refractivity contribution in [2.45, 2.75) is 12.5 Å². The minimum Gasteiger partial charge on any atom is -0.391 e. The molecule has 80 valence electrons. The predicted molar refractivity (Wildman–Crippen MR) is 60.8 cm³/mol. The molecule has 1 unspecified atom stereocenters. The Hall–Kier alpha value is -1.27. The van der Waals surface area contributed by atoms with Gasteiger partial charge in [-0.2, -0.15) is 0 Å². The fourth-order valence-electron chi connectivity index (χ4n) is 1.56. The van der Waals surface area contributed by atoms with Crippen LogP contribution >= 0.6 is 12.2 Å². The zero-order chi connectivity index (χ0) is 10.8. The summed E-state index contributed by atoms with van der Waals surface area (Å²) >= 11 is 4.78. The maximum absolute atomic E-state index is 9.37. The van der Waals surface area contributed by atoms with E-state index in [1.807, 2.05) is 4.90 Å². The van der Waals surface area contributed by atoms with Crippen molar-refractivity contribution in [1.29, 1.82) is 0 Å². The van der Waals surface area contributed by atoms with Gasteiger partial charge >= 0.3 is 0 Å². The molecule has 15 heavy (non-hydrogen) atoms. The second kappa shape index (κ2) is 4.08. The summed E-state index contributed by atoms with van der Waals surface area (Å²) in [4.78, 5) is 10.5. The first-order chi connectivity index (χ1) is 7.16. The summed E-state index contributed by atoms with van der Waals surface area (Å²) in [5, 5.41) is 9.37. The topological polar surface area (TPSA) is 75.3 Å². The molecule has 1 aliphatic rings. The number of aliphatic hydroxyl groups is 1. The number of hydrogen-bond acceptors (Lipinski definition) is 5. The largest absolute Gasteiger partial charge is 0.391 e. The summed E-state index contributed by atoms with van der Waals surface area (Å²) < 4.78 is 0. The molecule has 0 radical (unpaired) electrons. The third-order valence-electron chi connectivity index (χ3n) is 2.38. The number of aromatic nitrogens is 2. The minimum absolute atomic E-state index is 0.246. The summed E-state index contributed by atoms with van der Waals surface area (Å²) in [6, 6.07) is 0. The quantitative estimate of drug-likeness (QED) is 0.671. The molecule has 1 aromatic heterocycles. The number of hydrogen-bond donors (Lipinski definition) is 2. The number of anilines is 1. The Bertz CT molecular complexity index is 367. The molecular weight excluding hydrogens is 212 g/mol. The number of nitrogens with zero attached hydrogens (tertiary/aromatic N) is 3. The van der Waals surface area contributed by atoms with Crippen LogP contribution < -0.4 is 10.6 Å². The van der Waals surface area contributed by atoms with E-state index in [0.29, 0.717) is 12.2 Å². The van der Waals surface area contributed by atoms with Crippen LogP contribution in [0.2, 0.25) is 0 Å². The van der Waals surface area contributed by atoms with Crippen LogP contribution in [0.1, 0.15) is 12.1 Å². The van der Waals surface area contributed by atoms with Gasteiger partial charge in [0.15, 0.2) is 0 Å². The molecule has 1 saturated heterocycles. The van der Waals surface area contributed by atoms with Gasteiger partial charge in [-0.25, -0.2) is 9.97 Å². The average Bonchev–Trinajstić information content (AvgIpc) is 2.65. The van der Waals surface area contributed by atoms with Crippen LogP contribution in [0.15, 0.2) is 12.4 Å². The normalized spacial score (nSPS) is 20.6. The Labute approximate surface area is 92.9 Å². The lowest BCUT2D eigenvalue weighted by Gasteiger charge is -2.15. The zero-order valence-electron chi connectivity index (χ0n) is 8.13. The number of aliphatic hydroxyl groups excluding tert-OH is 1. The molecule has 5 nitrogen and oxygen atoms in total. The molecule has 1 fully saturated rings. The van der Waals surface area contributed by atoms with Gasteiger partial charge in [0.1, 0.15) is 16.5 Å². The van der Waals surface area contributed by atoms with Crippen LogP contribution in [-0.2, 0) is 0 Å². The Morgan fingerprint density at radius 3 is 2.80 bits per heavy atom. The van der Waals surface area contributed by atoms with E-state index >= 15 is 0 Å².